The average Bonchev–Trinajstić information content (AvgIpc) is 3.07. The molecule has 0 bridgehead atoms. The number of amides is 2. The maximum absolute atomic E-state index is 12.7. The van der Waals surface area contributed by atoms with Crippen LogP contribution in [-0.2, 0) is 0 Å². The Morgan fingerprint density at radius 2 is 1.89 bits per heavy atom. The van der Waals surface area contributed by atoms with Crippen LogP contribution in [0.2, 0.25) is 0 Å². The lowest BCUT2D eigenvalue weighted by atomic mass is 10.1. The van der Waals surface area contributed by atoms with Gasteiger partial charge in [-0.2, -0.15) is 0 Å². The van der Waals surface area contributed by atoms with Gasteiger partial charge in [0, 0.05) is 5.69 Å². The first kappa shape index (κ1) is 19.4. The first-order valence-electron chi connectivity index (χ1n) is 8.48. The molecule has 3 aromatic rings. The predicted molar refractivity (Wildman–Crippen MR) is 111 cm³/mol. The van der Waals surface area contributed by atoms with E-state index in [2.05, 4.69) is 15.6 Å². The predicted octanol–water partition coefficient (Wildman–Crippen LogP) is 3.86. The fourth-order valence-corrected chi connectivity index (χ4v) is 3.49. The molecular formula is C20H20N4O3S. The van der Waals surface area contributed by atoms with Gasteiger partial charge in [0.2, 0.25) is 0 Å². The highest BCUT2D eigenvalue weighted by Crippen LogP contribution is 2.32. The number of hydrogen-bond donors (Lipinski definition) is 3. The smallest absolute Gasteiger partial charge is 0.270 e. The molecule has 0 unspecified atom stereocenters. The number of nitrogens with zero attached hydrogens (tertiary/aromatic N) is 1. The van der Waals surface area contributed by atoms with Gasteiger partial charge in [0.15, 0.2) is 10.8 Å². The van der Waals surface area contributed by atoms with Crippen LogP contribution in [0.1, 0.15) is 32.0 Å². The van der Waals surface area contributed by atoms with Crippen molar-refractivity contribution < 1.29 is 14.3 Å². The summed E-state index contributed by atoms with van der Waals surface area (Å²) in [6.07, 6.45) is 0. The molecule has 0 aliphatic heterocycles. The quantitative estimate of drug-likeness (QED) is 0.586. The highest BCUT2D eigenvalue weighted by atomic mass is 32.1. The van der Waals surface area contributed by atoms with E-state index in [9.17, 15) is 9.59 Å². The largest absolute Gasteiger partial charge is 0.496 e. The van der Waals surface area contributed by atoms with E-state index in [0.717, 1.165) is 28.2 Å². The van der Waals surface area contributed by atoms with E-state index in [0.29, 0.717) is 16.4 Å². The summed E-state index contributed by atoms with van der Waals surface area (Å²) in [6.45, 7) is 3.95. The fraction of sp³-hybridized carbons (Fsp3) is 0.150. The molecule has 1 heterocycles. The van der Waals surface area contributed by atoms with E-state index in [1.807, 2.05) is 32.0 Å². The van der Waals surface area contributed by atoms with Gasteiger partial charge in [-0.1, -0.05) is 35.6 Å². The van der Waals surface area contributed by atoms with Crippen molar-refractivity contribution >= 4 is 39.0 Å². The zero-order chi connectivity index (χ0) is 20.3. The lowest BCUT2D eigenvalue weighted by molar-refractivity contribution is 0.0997. The molecule has 0 saturated heterocycles. The number of para-hydroxylation sites is 1. The molecule has 0 fully saturated rings. The molecule has 2 amide bonds. The number of carbonyl (C=O) groups excluding carboxylic acids is 2. The van der Waals surface area contributed by atoms with E-state index >= 15 is 0 Å². The molecule has 3 rings (SSSR count). The molecule has 28 heavy (non-hydrogen) atoms. The third kappa shape index (κ3) is 4.12. The summed E-state index contributed by atoms with van der Waals surface area (Å²) < 4.78 is 5.21. The number of nitrogens with two attached hydrogens (primary N) is 1. The second-order valence-corrected chi connectivity index (χ2v) is 7.16. The Morgan fingerprint density at radius 3 is 2.61 bits per heavy atom. The van der Waals surface area contributed by atoms with Crippen molar-refractivity contribution in [2.75, 3.05) is 17.7 Å². The van der Waals surface area contributed by atoms with Crippen molar-refractivity contribution in [1.29, 1.82) is 0 Å². The summed E-state index contributed by atoms with van der Waals surface area (Å²) in [6, 6.07) is 12.8. The molecule has 0 atom stereocenters. The average molecular weight is 396 g/mol. The zero-order valence-corrected chi connectivity index (χ0v) is 16.5. The highest BCUT2D eigenvalue weighted by molar-refractivity contribution is 7.20. The monoisotopic (exact) mass is 396 g/mol. The molecule has 0 radical (unpaired) electrons. The summed E-state index contributed by atoms with van der Waals surface area (Å²) in [5.74, 6) is -0.707. The summed E-state index contributed by atoms with van der Waals surface area (Å²) >= 11 is 1.14. The minimum atomic E-state index is -0.722. The van der Waals surface area contributed by atoms with E-state index in [1.165, 1.54) is 7.11 Å². The van der Waals surface area contributed by atoms with Crippen LogP contribution in [0.3, 0.4) is 0 Å². The summed E-state index contributed by atoms with van der Waals surface area (Å²) in [4.78, 5) is 28.7. The van der Waals surface area contributed by atoms with Crippen molar-refractivity contribution in [3.05, 3.63) is 64.8 Å². The molecule has 4 N–H and O–H groups in total. The number of methoxy groups -OCH3 is 1. The number of benzene rings is 2. The Hall–Kier alpha value is -3.39. The number of carbonyl (C=O) groups is 2. The van der Waals surface area contributed by atoms with Crippen molar-refractivity contribution in [1.82, 2.24) is 4.98 Å². The highest BCUT2D eigenvalue weighted by Gasteiger charge is 2.20. The van der Waals surface area contributed by atoms with Gasteiger partial charge in [-0.15, -0.1) is 0 Å². The zero-order valence-electron chi connectivity index (χ0n) is 15.7. The van der Waals surface area contributed by atoms with Gasteiger partial charge in [-0.25, -0.2) is 4.98 Å². The Balaban J connectivity index is 1.90. The number of anilines is 3. The maximum atomic E-state index is 12.7. The van der Waals surface area contributed by atoms with Crippen LogP contribution in [-0.4, -0.2) is 23.9 Å². The Morgan fingerprint density at radius 1 is 1.14 bits per heavy atom. The van der Waals surface area contributed by atoms with Gasteiger partial charge in [0.1, 0.15) is 10.8 Å². The van der Waals surface area contributed by atoms with Gasteiger partial charge in [-0.3, -0.25) is 9.59 Å². The molecule has 0 saturated carbocycles. The van der Waals surface area contributed by atoms with Crippen LogP contribution in [0.5, 0.6) is 5.75 Å². The van der Waals surface area contributed by atoms with Crippen LogP contribution < -0.4 is 21.1 Å². The molecule has 8 heteroatoms. The number of ether oxygens (including phenoxy) is 1. The van der Waals surface area contributed by atoms with Crippen molar-refractivity contribution in [2.24, 2.45) is 5.73 Å². The molecule has 1 aromatic heterocycles. The summed E-state index contributed by atoms with van der Waals surface area (Å²) in [5, 5.41) is 6.63. The van der Waals surface area contributed by atoms with Crippen molar-refractivity contribution in [3.63, 3.8) is 0 Å². The molecule has 7 nitrogen and oxygen atoms in total. The number of aromatic nitrogens is 1. The van der Waals surface area contributed by atoms with Crippen molar-refractivity contribution in [3.8, 4) is 5.75 Å². The van der Waals surface area contributed by atoms with Crippen LogP contribution in [0.25, 0.3) is 0 Å². The van der Waals surface area contributed by atoms with Gasteiger partial charge < -0.3 is 21.1 Å². The molecule has 0 aliphatic carbocycles. The summed E-state index contributed by atoms with van der Waals surface area (Å²) in [7, 11) is 1.49. The van der Waals surface area contributed by atoms with E-state index < -0.39 is 11.8 Å². The molecule has 0 spiro atoms. The second-order valence-electron chi connectivity index (χ2n) is 6.16. The van der Waals surface area contributed by atoms with Crippen LogP contribution in [0, 0.1) is 13.8 Å². The van der Waals surface area contributed by atoms with Crippen molar-refractivity contribution in [2.45, 2.75) is 13.8 Å². The third-order valence-corrected chi connectivity index (χ3v) is 4.96. The first-order valence-corrected chi connectivity index (χ1v) is 9.30. The number of primary amides is 1. The van der Waals surface area contributed by atoms with E-state index in [1.54, 1.807) is 24.3 Å². The number of aryl methyl sites for hydroxylation is 2. The fourth-order valence-electron chi connectivity index (χ4n) is 2.61. The van der Waals surface area contributed by atoms with Gasteiger partial charge in [0.05, 0.1) is 12.7 Å². The summed E-state index contributed by atoms with van der Waals surface area (Å²) in [5.41, 5.74) is 8.78. The topological polar surface area (TPSA) is 106 Å². The number of rotatable bonds is 6. The molecule has 144 valence electrons. The minimum absolute atomic E-state index is 0.000976. The maximum Gasteiger partial charge on any atom is 0.270 e. The van der Waals surface area contributed by atoms with Gasteiger partial charge in [0.25, 0.3) is 11.8 Å². The molecule has 2 aromatic carbocycles. The lowest BCUT2D eigenvalue weighted by Gasteiger charge is -2.08. The first-order chi connectivity index (χ1) is 13.4. The number of thiazole rings is 1. The van der Waals surface area contributed by atoms with Gasteiger partial charge in [-0.05, 0) is 43.2 Å². The van der Waals surface area contributed by atoms with Crippen LogP contribution in [0.15, 0.2) is 42.5 Å². The van der Waals surface area contributed by atoms with E-state index in [4.69, 9.17) is 10.5 Å². The standard InChI is InChI=1S/C20H20N4O3S/c1-11-8-9-12(2)14(10-11)22-20-23-16(17(21)25)19(28-20)24-18(26)13-6-4-5-7-15(13)27-3/h4-10H,1-3H3,(H2,21,25)(H,22,23)(H,24,26). The van der Waals surface area contributed by atoms with Crippen LogP contribution in [0.4, 0.5) is 15.8 Å². The van der Waals surface area contributed by atoms with Crippen LogP contribution >= 0.6 is 11.3 Å². The third-order valence-electron chi connectivity index (χ3n) is 4.07. The second kappa shape index (κ2) is 8.10. The number of nitrogens with one attached hydrogen (secondary N) is 2. The normalized spacial score (nSPS) is 10.4. The Bertz CT molecular complexity index is 1050. The Kier molecular flexibility index (Phi) is 5.60. The van der Waals surface area contributed by atoms with E-state index in [-0.39, 0.29) is 10.7 Å². The minimum Gasteiger partial charge on any atom is -0.496 e. The molecule has 0 aliphatic rings. The van der Waals surface area contributed by atoms with Gasteiger partial charge >= 0.3 is 0 Å². The Labute approximate surface area is 166 Å². The molecular weight excluding hydrogens is 376 g/mol. The number of hydrogen-bond acceptors (Lipinski definition) is 6. The SMILES string of the molecule is COc1ccccc1C(=O)Nc1sc(Nc2cc(C)ccc2C)nc1C(N)=O. The lowest BCUT2D eigenvalue weighted by Crippen LogP contribution is -2.18.